The summed E-state index contributed by atoms with van der Waals surface area (Å²) in [6.07, 6.45) is 0. The number of likely N-dealkylation sites (N-methyl/N-ethyl adjacent to an activating group) is 1. The Kier molecular flexibility index (Phi) is 2.07. The molecule has 15 heavy (non-hydrogen) atoms. The van der Waals surface area contributed by atoms with Crippen LogP contribution in [0.5, 0.6) is 0 Å². The third kappa shape index (κ3) is 1.41. The molecule has 0 saturated heterocycles. The third-order valence-electron chi connectivity index (χ3n) is 2.47. The number of primary amides is 1. The molecule has 1 aromatic carbocycles. The van der Waals surface area contributed by atoms with Crippen molar-refractivity contribution in [1.29, 1.82) is 0 Å². The Morgan fingerprint density at radius 3 is 2.80 bits per heavy atom. The fraction of sp³-hybridized carbons (Fsp3) is 0.200. The predicted molar refractivity (Wildman–Crippen MR) is 55.3 cm³/mol. The highest BCUT2D eigenvalue weighted by Gasteiger charge is 2.35. The van der Waals surface area contributed by atoms with Crippen molar-refractivity contribution >= 4 is 17.6 Å². The summed E-state index contributed by atoms with van der Waals surface area (Å²) in [5.74, 6) is -0.171. The molecule has 0 bridgehead atoms. The average Bonchev–Trinajstić information content (AvgIpc) is 2.44. The molecular formula is C10H11N3O2. The van der Waals surface area contributed by atoms with E-state index in [1.165, 1.54) is 4.90 Å². The van der Waals surface area contributed by atoms with Gasteiger partial charge in [0.25, 0.3) is 5.91 Å². The first-order valence-corrected chi connectivity index (χ1v) is 4.53. The Labute approximate surface area is 86.9 Å². The van der Waals surface area contributed by atoms with Crippen LogP contribution in [0.15, 0.2) is 24.3 Å². The summed E-state index contributed by atoms with van der Waals surface area (Å²) in [5, 5.41) is 2.43. The van der Waals surface area contributed by atoms with Crippen LogP contribution in [0.2, 0.25) is 0 Å². The molecule has 3 amide bonds. The first kappa shape index (κ1) is 9.51. The minimum Gasteiger partial charge on any atom is -0.352 e. The summed E-state index contributed by atoms with van der Waals surface area (Å²) in [5.41, 5.74) is 6.60. The predicted octanol–water partition coefficient (Wildman–Crippen LogP) is 0.372. The number of benzene rings is 1. The summed E-state index contributed by atoms with van der Waals surface area (Å²) in [6, 6.07) is 5.95. The monoisotopic (exact) mass is 205 g/mol. The summed E-state index contributed by atoms with van der Waals surface area (Å²) in [6.45, 7) is 0. The highest BCUT2D eigenvalue weighted by Crippen LogP contribution is 2.34. The molecular weight excluding hydrogens is 194 g/mol. The van der Waals surface area contributed by atoms with Crippen LogP contribution >= 0.6 is 0 Å². The quantitative estimate of drug-likeness (QED) is 0.695. The lowest BCUT2D eigenvalue weighted by Crippen LogP contribution is -2.38. The van der Waals surface area contributed by atoms with Crippen molar-refractivity contribution in [3.8, 4) is 0 Å². The Balaban J connectivity index is 2.42. The van der Waals surface area contributed by atoms with E-state index >= 15 is 0 Å². The Hall–Kier alpha value is -2.04. The van der Waals surface area contributed by atoms with Gasteiger partial charge in [0.2, 0.25) is 0 Å². The van der Waals surface area contributed by atoms with Gasteiger partial charge in [-0.2, -0.15) is 0 Å². The van der Waals surface area contributed by atoms with E-state index < -0.39 is 12.1 Å². The number of rotatable bonds is 1. The summed E-state index contributed by atoms with van der Waals surface area (Å²) in [7, 11) is 1.67. The average molecular weight is 205 g/mol. The number of hydrogen-bond acceptors (Lipinski definition) is 2. The minimum absolute atomic E-state index is 0.171. The number of anilines is 1. The third-order valence-corrected chi connectivity index (χ3v) is 2.47. The number of nitrogens with one attached hydrogen (secondary N) is 1. The number of nitrogens with two attached hydrogens (primary N) is 1. The molecule has 1 atom stereocenters. The normalized spacial score (nSPS) is 18.9. The van der Waals surface area contributed by atoms with E-state index in [1.54, 1.807) is 13.1 Å². The largest absolute Gasteiger partial charge is 0.352 e. The van der Waals surface area contributed by atoms with Gasteiger partial charge in [0.15, 0.2) is 0 Å². The van der Waals surface area contributed by atoms with Crippen LogP contribution in [0.4, 0.5) is 10.5 Å². The van der Waals surface area contributed by atoms with Crippen LogP contribution in [0.1, 0.15) is 11.6 Å². The first-order chi connectivity index (χ1) is 7.11. The van der Waals surface area contributed by atoms with E-state index in [0.29, 0.717) is 0 Å². The molecule has 5 nitrogen and oxygen atoms in total. The molecule has 1 aliphatic heterocycles. The Morgan fingerprint density at radius 2 is 2.13 bits per heavy atom. The number of urea groups is 1. The summed E-state index contributed by atoms with van der Waals surface area (Å²) in [4.78, 5) is 24.0. The van der Waals surface area contributed by atoms with Crippen LogP contribution in [0.25, 0.3) is 0 Å². The maximum Gasteiger partial charge on any atom is 0.313 e. The van der Waals surface area contributed by atoms with E-state index in [1.807, 2.05) is 18.2 Å². The standard InChI is InChI=1S/C10H11N3O2/c1-13-7-5-3-2-4-6(7)8(9(13)14)12-10(11)15/h2-5,8H,1H3,(H3,11,12,15). The van der Waals surface area contributed by atoms with Gasteiger partial charge in [0.05, 0.1) is 0 Å². The second kappa shape index (κ2) is 3.27. The Morgan fingerprint density at radius 1 is 1.47 bits per heavy atom. The number of nitrogens with zero attached hydrogens (tertiary/aromatic N) is 1. The van der Waals surface area contributed by atoms with Crippen LogP contribution in [0, 0.1) is 0 Å². The summed E-state index contributed by atoms with van der Waals surface area (Å²) < 4.78 is 0. The zero-order valence-corrected chi connectivity index (χ0v) is 8.23. The molecule has 2 rings (SSSR count). The van der Waals surface area contributed by atoms with Gasteiger partial charge in [-0.1, -0.05) is 18.2 Å². The number of fused-ring (bicyclic) bond motifs is 1. The fourth-order valence-corrected chi connectivity index (χ4v) is 1.76. The highest BCUT2D eigenvalue weighted by molar-refractivity contribution is 6.05. The van der Waals surface area contributed by atoms with Gasteiger partial charge in [-0.3, -0.25) is 4.79 Å². The fourth-order valence-electron chi connectivity index (χ4n) is 1.76. The number of amides is 3. The van der Waals surface area contributed by atoms with Gasteiger partial charge in [0, 0.05) is 18.3 Å². The molecule has 5 heteroatoms. The van der Waals surface area contributed by atoms with Crippen molar-refractivity contribution in [2.75, 3.05) is 11.9 Å². The van der Waals surface area contributed by atoms with Gasteiger partial charge < -0.3 is 16.0 Å². The van der Waals surface area contributed by atoms with Crippen molar-refractivity contribution in [3.05, 3.63) is 29.8 Å². The van der Waals surface area contributed by atoms with Gasteiger partial charge >= 0.3 is 6.03 Å². The van der Waals surface area contributed by atoms with E-state index in [9.17, 15) is 9.59 Å². The lowest BCUT2D eigenvalue weighted by Gasteiger charge is -2.10. The lowest BCUT2D eigenvalue weighted by molar-refractivity contribution is -0.119. The molecule has 0 saturated carbocycles. The molecule has 0 spiro atoms. The van der Waals surface area contributed by atoms with Crippen LogP contribution in [-0.4, -0.2) is 19.0 Å². The van der Waals surface area contributed by atoms with Crippen molar-refractivity contribution in [1.82, 2.24) is 5.32 Å². The van der Waals surface area contributed by atoms with Crippen LogP contribution in [0.3, 0.4) is 0 Å². The molecule has 1 unspecified atom stereocenters. The number of carbonyl (C=O) groups excluding carboxylic acids is 2. The van der Waals surface area contributed by atoms with Gasteiger partial charge in [-0.15, -0.1) is 0 Å². The lowest BCUT2D eigenvalue weighted by atomic mass is 10.1. The Bertz CT molecular complexity index is 430. The van der Waals surface area contributed by atoms with Gasteiger partial charge in [0.1, 0.15) is 6.04 Å². The van der Waals surface area contributed by atoms with Crippen molar-refractivity contribution in [2.24, 2.45) is 5.73 Å². The molecule has 0 aliphatic carbocycles. The maximum atomic E-state index is 11.8. The number of carbonyl (C=O) groups is 2. The topological polar surface area (TPSA) is 75.4 Å². The second-order valence-electron chi connectivity index (χ2n) is 3.40. The minimum atomic E-state index is -0.696. The highest BCUT2D eigenvalue weighted by atomic mass is 16.2. The zero-order chi connectivity index (χ0) is 11.0. The van der Waals surface area contributed by atoms with Crippen molar-refractivity contribution in [3.63, 3.8) is 0 Å². The molecule has 0 radical (unpaired) electrons. The number of para-hydroxylation sites is 1. The van der Waals surface area contributed by atoms with Crippen LogP contribution < -0.4 is 16.0 Å². The van der Waals surface area contributed by atoms with E-state index in [0.717, 1.165) is 11.3 Å². The van der Waals surface area contributed by atoms with E-state index in [-0.39, 0.29) is 5.91 Å². The molecule has 3 N–H and O–H groups in total. The second-order valence-corrected chi connectivity index (χ2v) is 3.40. The maximum absolute atomic E-state index is 11.8. The van der Waals surface area contributed by atoms with Gasteiger partial charge in [-0.05, 0) is 6.07 Å². The number of hydrogen-bond donors (Lipinski definition) is 2. The van der Waals surface area contributed by atoms with Crippen molar-refractivity contribution < 1.29 is 9.59 Å². The van der Waals surface area contributed by atoms with Crippen molar-refractivity contribution in [2.45, 2.75) is 6.04 Å². The zero-order valence-electron chi connectivity index (χ0n) is 8.23. The van der Waals surface area contributed by atoms with E-state index in [4.69, 9.17) is 5.73 Å². The smallest absolute Gasteiger partial charge is 0.313 e. The van der Waals surface area contributed by atoms with E-state index in [2.05, 4.69) is 5.32 Å². The SMILES string of the molecule is CN1C(=O)C(NC(N)=O)c2ccccc21. The van der Waals surface area contributed by atoms with Crippen LogP contribution in [-0.2, 0) is 4.79 Å². The molecule has 0 fully saturated rings. The molecule has 1 aromatic rings. The van der Waals surface area contributed by atoms with Gasteiger partial charge in [-0.25, -0.2) is 4.79 Å². The summed E-state index contributed by atoms with van der Waals surface area (Å²) >= 11 is 0. The molecule has 1 heterocycles. The molecule has 1 aliphatic rings. The first-order valence-electron chi connectivity index (χ1n) is 4.53. The molecule has 0 aromatic heterocycles. The molecule has 78 valence electrons.